The zero-order chi connectivity index (χ0) is 19.3. The van der Waals surface area contributed by atoms with Crippen LogP contribution in [0.25, 0.3) is 0 Å². The predicted molar refractivity (Wildman–Crippen MR) is 122 cm³/mol. The minimum absolute atomic E-state index is 0. The Morgan fingerprint density at radius 2 is 1.59 bits per heavy atom. The second-order valence-electron chi connectivity index (χ2n) is 7.26. The molecule has 0 saturated heterocycles. The molecule has 0 aliphatic carbocycles. The molecular weight excluding hydrogens is 380 g/mol. The van der Waals surface area contributed by atoms with Crippen molar-refractivity contribution in [2.45, 2.75) is 25.4 Å². The number of nitrogens with zero attached hydrogens (tertiary/aromatic N) is 2. The van der Waals surface area contributed by atoms with Crippen LogP contribution in [0.5, 0.6) is 5.75 Å². The van der Waals surface area contributed by atoms with Crippen LogP contribution in [0.2, 0.25) is 0 Å². The van der Waals surface area contributed by atoms with E-state index in [9.17, 15) is 0 Å². The summed E-state index contributed by atoms with van der Waals surface area (Å²) in [5.74, 6) is 2.02. The molecule has 1 atom stereocenters. The fourth-order valence-electron chi connectivity index (χ4n) is 3.81. The third kappa shape index (κ3) is 4.80. The van der Waals surface area contributed by atoms with Crippen LogP contribution < -0.4 is 4.74 Å². The van der Waals surface area contributed by atoms with Crippen LogP contribution in [0, 0.1) is 0 Å². The van der Waals surface area contributed by atoms with Crippen molar-refractivity contribution in [3.8, 4) is 5.75 Å². The Kier molecular flexibility index (Phi) is 6.95. The van der Waals surface area contributed by atoms with Gasteiger partial charge in [0.15, 0.2) is 0 Å². The second-order valence-corrected chi connectivity index (χ2v) is 7.26. The van der Waals surface area contributed by atoms with Crippen molar-refractivity contribution in [1.82, 2.24) is 4.90 Å². The summed E-state index contributed by atoms with van der Waals surface area (Å²) in [7, 11) is 3.85. The van der Waals surface area contributed by atoms with Crippen molar-refractivity contribution < 1.29 is 4.74 Å². The molecule has 0 N–H and O–H groups in total. The van der Waals surface area contributed by atoms with E-state index in [-0.39, 0.29) is 18.4 Å². The highest BCUT2D eigenvalue weighted by atomic mass is 35.5. The second kappa shape index (κ2) is 9.62. The van der Waals surface area contributed by atoms with Crippen molar-refractivity contribution in [3.05, 3.63) is 101 Å². The Morgan fingerprint density at radius 3 is 2.31 bits per heavy atom. The molecule has 0 spiro atoms. The molecule has 1 heterocycles. The Morgan fingerprint density at radius 1 is 0.897 bits per heavy atom. The molecule has 3 aromatic carbocycles. The van der Waals surface area contributed by atoms with Gasteiger partial charge in [0.05, 0.1) is 7.11 Å². The summed E-state index contributed by atoms with van der Waals surface area (Å²) in [6.45, 7) is 0.885. The maximum Gasteiger partial charge on any atom is 0.118 e. The van der Waals surface area contributed by atoms with Crippen molar-refractivity contribution in [2.24, 2.45) is 4.99 Å². The molecule has 150 valence electrons. The van der Waals surface area contributed by atoms with E-state index >= 15 is 0 Å². The fourth-order valence-corrected chi connectivity index (χ4v) is 3.81. The number of halogens is 1. The number of ether oxygens (including phenoxy) is 1. The number of aliphatic imine (C=N–C) groups is 1. The lowest BCUT2D eigenvalue weighted by molar-refractivity contribution is 0.414. The zero-order valence-electron chi connectivity index (χ0n) is 16.9. The molecule has 1 aliphatic rings. The zero-order valence-corrected chi connectivity index (χ0v) is 17.7. The van der Waals surface area contributed by atoms with Crippen LogP contribution in [-0.4, -0.2) is 24.9 Å². The lowest BCUT2D eigenvalue weighted by atomic mass is 9.95. The molecule has 0 aromatic heterocycles. The van der Waals surface area contributed by atoms with Gasteiger partial charge >= 0.3 is 0 Å². The van der Waals surface area contributed by atoms with Crippen LogP contribution >= 0.6 is 12.4 Å². The Bertz CT molecular complexity index is 954. The minimum atomic E-state index is 0. The van der Waals surface area contributed by atoms with Crippen LogP contribution in [0.4, 0.5) is 0 Å². The van der Waals surface area contributed by atoms with Gasteiger partial charge in [0.1, 0.15) is 17.6 Å². The first-order valence-corrected chi connectivity index (χ1v) is 9.78. The van der Waals surface area contributed by atoms with Gasteiger partial charge in [0.2, 0.25) is 0 Å². The normalized spacial score (nSPS) is 15.6. The number of fused-ring (bicyclic) bond motifs is 1. The van der Waals surface area contributed by atoms with E-state index in [0.717, 1.165) is 31.0 Å². The average molecular weight is 407 g/mol. The number of benzene rings is 3. The Balaban J connectivity index is 0.00000240. The lowest BCUT2D eigenvalue weighted by Crippen LogP contribution is -2.26. The van der Waals surface area contributed by atoms with Crippen LogP contribution in [-0.2, 0) is 13.0 Å². The number of methoxy groups -OCH3 is 1. The SMILES string of the molecule is COc1ccc(C2N=C(CCc3ccccc3)N(C)Cc3ccccc32)cc1.Cl. The third-order valence-corrected chi connectivity index (χ3v) is 5.39. The van der Waals surface area contributed by atoms with Crippen LogP contribution in [0.1, 0.15) is 34.7 Å². The number of amidine groups is 1. The van der Waals surface area contributed by atoms with Gasteiger partial charge in [-0.15, -0.1) is 12.4 Å². The van der Waals surface area contributed by atoms with Gasteiger partial charge in [0.25, 0.3) is 0 Å². The van der Waals surface area contributed by atoms with E-state index < -0.39 is 0 Å². The summed E-state index contributed by atoms with van der Waals surface area (Å²) in [4.78, 5) is 7.54. The summed E-state index contributed by atoms with van der Waals surface area (Å²) >= 11 is 0. The summed E-state index contributed by atoms with van der Waals surface area (Å²) in [6.07, 6.45) is 1.93. The molecule has 4 heteroatoms. The summed E-state index contributed by atoms with van der Waals surface area (Å²) in [6, 6.07) is 27.6. The number of hydrogen-bond acceptors (Lipinski definition) is 3. The molecule has 0 radical (unpaired) electrons. The third-order valence-electron chi connectivity index (χ3n) is 5.39. The van der Waals surface area contributed by atoms with Crippen LogP contribution in [0.15, 0.2) is 83.9 Å². The molecule has 3 nitrogen and oxygen atoms in total. The van der Waals surface area contributed by atoms with E-state index in [1.807, 2.05) is 12.1 Å². The first kappa shape index (κ1) is 20.9. The largest absolute Gasteiger partial charge is 0.497 e. The maximum atomic E-state index is 5.33. The van der Waals surface area contributed by atoms with Crippen molar-refractivity contribution in [3.63, 3.8) is 0 Å². The Hall–Kier alpha value is -2.78. The van der Waals surface area contributed by atoms with Crippen molar-refractivity contribution >= 4 is 18.2 Å². The van der Waals surface area contributed by atoms with Gasteiger partial charge in [-0.2, -0.15) is 0 Å². The minimum Gasteiger partial charge on any atom is -0.497 e. The highest BCUT2D eigenvalue weighted by Crippen LogP contribution is 2.33. The van der Waals surface area contributed by atoms with E-state index in [1.54, 1.807) is 7.11 Å². The summed E-state index contributed by atoms with van der Waals surface area (Å²) < 4.78 is 5.33. The molecule has 3 aromatic rings. The van der Waals surface area contributed by atoms with E-state index in [4.69, 9.17) is 9.73 Å². The molecule has 0 saturated carbocycles. The Labute approximate surface area is 179 Å². The standard InChI is InChI=1S/C25H26N2O.ClH/c1-27-18-21-10-6-7-11-23(21)25(20-13-15-22(28-2)16-14-20)26-24(27)17-12-19-8-4-3-5-9-19;/h3-11,13-16,25H,12,17-18H2,1-2H3;1H. The summed E-state index contributed by atoms with van der Waals surface area (Å²) in [5, 5.41) is 0. The maximum absolute atomic E-state index is 5.33. The number of hydrogen-bond donors (Lipinski definition) is 0. The first-order valence-electron chi connectivity index (χ1n) is 9.78. The number of rotatable bonds is 5. The quantitative estimate of drug-likeness (QED) is 0.544. The van der Waals surface area contributed by atoms with Gasteiger partial charge < -0.3 is 9.64 Å². The summed E-state index contributed by atoms with van der Waals surface area (Å²) in [5.41, 5.74) is 5.17. The topological polar surface area (TPSA) is 24.8 Å². The van der Waals surface area contributed by atoms with Gasteiger partial charge in [-0.05, 0) is 40.8 Å². The van der Waals surface area contributed by atoms with Gasteiger partial charge in [-0.3, -0.25) is 4.99 Å². The molecule has 0 fully saturated rings. The van der Waals surface area contributed by atoms with Gasteiger partial charge in [-0.25, -0.2) is 0 Å². The van der Waals surface area contributed by atoms with E-state index in [1.165, 1.54) is 22.3 Å². The smallest absolute Gasteiger partial charge is 0.118 e. The lowest BCUT2D eigenvalue weighted by Gasteiger charge is -2.20. The molecular formula is C25H27ClN2O. The predicted octanol–water partition coefficient (Wildman–Crippen LogP) is 5.68. The molecule has 0 amide bonds. The van der Waals surface area contributed by atoms with Crippen LogP contribution in [0.3, 0.4) is 0 Å². The molecule has 0 bridgehead atoms. The highest BCUT2D eigenvalue weighted by molar-refractivity contribution is 5.85. The average Bonchev–Trinajstić information content (AvgIpc) is 2.89. The van der Waals surface area contributed by atoms with E-state index in [0.29, 0.717) is 0 Å². The highest BCUT2D eigenvalue weighted by Gasteiger charge is 2.23. The molecule has 1 aliphatic heterocycles. The van der Waals surface area contributed by atoms with Gasteiger partial charge in [0, 0.05) is 20.0 Å². The molecule has 4 rings (SSSR count). The molecule has 1 unspecified atom stereocenters. The number of aryl methyl sites for hydroxylation is 1. The first-order chi connectivity index (χ1) is 13.7. The fraction of sp³-hybridized carbons (Fsp3) is 0.240. The van der Waals surface area contributed by atoms with Crippen molar-refractivity contribution in [1.29, 1.82) is 0 Å². The monoisotopic (exact) mass is 406 g/mol. The van der Waals surface area contributed by atoms with E-state index in [2.05, 4.69) is 78.7 Å². The molecule has 29 heavy (non-hydrogen) atoms. The van der Waals surface area contributed by atoms with Gasteiger partial charge in [-0.1, -0.05) is 66.7 Å². The van der Waals surface area contributed by atoms with Crippen molar-refractivity contribution in [2.75, 3.05) is 14.2 Å².